The van der Waals surface area contributed by atoms with Crippen LogP contribution in [-0.4, -0.2) is 46.4 Å². The predicted molar refractivity (Wildman–Crippen MR) is 69.9 cm³/mol. The Labute approximate surface area is 116 Å². The van der Waals surface area contributed by atoms with Gasteiger partial charge in [0.2, 0.25) is 0 Å². The average molecular weight is 279 g/mol. The van der Waals surface area contributed by atoms with E-state index in [9.17, 15) is 14.7 Å². The molecule has 6 nitrogen and oxygen atoms in total. The van der Waals surface area contributed by atoms with Crippen LogP contribution in [0.25, 0.3) is 0 Å². The molecule has 1 aromatic rings. The highest BCUT2D eigenvalue weighted by Crippen LogP contribution is 2.18. The number of aliphatic carboxylic acids is 1. The van der Waals surface area contributed by atoms with Gasteiger partial charge in [-0.15, -0.1) is 0 Å². The van der Waals surface area contributed by atoms with Gasteiger partial charge in [0.05, 0.1) is 6.10 Å². The summed E-state index contributed by atoms with van der Waals surface area (Å²) in [5.41, 5.74) is 0.868. The number of piperidine rings is 1. The largest absolute Gasteiger partial charge is 0.481 e. The molecule has 20 heavy (non-hydrogen) atoms. The van der Waals surface area contributed by atoms with Crippen LogP contribution < -0.4 is 0 Å². The summed E-state index contributed by atoms with van der Waals surface area (Å²) in [7, 11) is 0. The second-order valence-electron chi connectivity index (χ2n) is 4.79. The van der Waals surface area contributed by atoms with Crippen LogP contribution in [0.15, 0.2) is 30.3 Å². The van der Waals surface area contributed by atoms with Crippen LogP contribution in [0.2, 0.25) is 0 Å². The number of carbonyl (C=O) groups excluding carboxylic acids is 1. The molecule has 1 heterocycles. The number of carboxylic acid groups (broad SMARTS) is 1. The highest BCUT2D eigenvalue weighted by Gasteiger charge is 2.35. The lowest BCUT2D eigenvalue weighted by molar-refractivity contribution is -0.148. The Balaban J connectivity index is 1.88. The molecule has 2 atom stereocenters. The second-order valence-corrected chi connectivity index (χ2v) is 4.79. The standard InChI is InChI=1S/C14H17NO5/c16-12-6-7-15(8-11(12)13(17)18)14(19)20-9-10-4-2-1-3-5-10/h1-5,11-12,16H,6-9H2,(H,17,18)/t11-,12-/m1/s1. The van der Waals surface area contributed by atoms with Gasteiger partial charge in [-0.05, 0) is 12.0 Å². The molecule has 0 bridgehead atoms. The first-order valence-electron chi connectivity index (χ1n) is 6.44. The summed E-state index contributed by atoms with van der Waals surface area (Å²) in [5, 5.41) is 18.6. The number of nitrogens with zero attached hydrogens (tertiary/aromatic N) is 1. The van der Waals surface area contributed by atoms with Crippen molar-refractivity contribution in [3.63, 3.8) is 0 Å². The van der Waals surface area contributed by atoms with Crippen LogP contribution >= 0.6 is 0 Å². The molecule has 1 saturated heterocycles. The normalized spacial score (nSPS) is 22.4. The Kier molecular flexibility index (Phi) is 4.57. The van der Waals surface area contributed by atoms with Crippen molar-refractivity contribution in [3.05, 3.63) is 35.9 Å². The van der Waals surface area contributed by atoms with Crippen molar-refractivity contribution < 1.29 is 24.5 Å². The van der Waals surface area contributed by atoms with Crippen LogP contribution in [0.1, 0.15) is 12.0 Å². The van der Waals surface area contributed by atoms with Crippen LogP contribution in [0.5, 0.6) is 0 Å². The number of hydrogen-bond acceptors (Lipinski definition) is 4. The van der Waals surface area contributed by atoms with Gasteiger partial charge in [0.15, 0.2) is 0 Å². The molecule has 1 fully saturated rings. The SMILES string of the molecule is O=C(O)[C@@H]1CN(C(=O)OCc2ccccc2)CC[C@H]1O. The van der Waals surface area contributed by atoms with E-state index in [1.165, 1.54) is 4.90 Å². The summed E-state index contributed by atoms with van der Waals surface area (Å²) in [6.07, 6.45) is -1.21. The third kappa shape index (κ3) is 3.48. The van der Waals surface area contributed by atoms with Crippen molar-refractivity contribution in [2.75, 3.05) is 13.1 Å². The van der Waals surface area contributed by atoms with Crippen molar-refractivity contribution in [1.29, 1.82) is 0 Å². The lowest BCUT2D eigenvalue weighted by Crippen LogP contribution is -2.48. The molecular weight excluding hydrogens is 262 g/mol. The van der Waals surface area contributed by atoms with E-state index in [0.29, 0.717) is 6.54 Å². The molecule has 108 valence electrons. The summed E-state index contributed by atoms with van der Waals surface area (Å²) < 4.78 is 5.14. The van der Waals surface area contributed by atoms with Crippen molar-refractivity contribution >= 4 is 12.1 Å². The van der Waals surface area contributed by atoms with E-state index >= 15 is 0 Å². The van der Waals surface area contributed by atoms with Gasteiger partial charge in [0.1, 0.15) is 12.5 Å². The Morgan fingerprint density at radius 2 is 2.00 bits per heavy atom. The van der Waals surface area contributed by atoms with Crippen LogP contribution in [0.3, 0.4) is 0 Å². The molecule has 0 radical (unpaired) electrons. The summed E-state index contributed by atoms with van der Waals surface area (Å²) >= 11 is 0. The number of carboxylic acids is 1. The van der Waals surface area contributed by atoms with E-state index < -0.39 is 24.1 Å². The van der Waals surface area contributed by atoms with Crippen LogP contribution in [0, 0.1) is 5.92 Å². The molecule has 2 N–H and O–H groups in total. The minimum Gasteiger partial charge on any atom is -0.481 e. The number of rotatable bonds is 3. The van der Waals surface area contributed by atoms with Crippen molar-refractivity contribution in [1.82, 2.24) is 4.90 Å². The van der Waals surface area contributed by atoms with E-state index in [4.69, 9.17) is 9.84 Å². The van der Waals surface area contributed by atoms with Gasteiger partial charge in [0.25, 0.3) is 0 Å². The third-order valence-electron chi connectivity index (χ3n) is 3.36. The Hall–Kier alpha value is -2.08. The fraction of sp³-hybridized carbons (Fsp3) is 0.429. The van der Waals surface area contributed by atoms with Crippen molar-refractivity contribution in [2.45, 2.75) is 19.1 Å². The number of aliphatic hydroxyl groups excluding tert-OH is 1. The zero-order valence-electron chi connectivity index (χ0n) is 10.9. The molecule has 0 saturated carbocycles. The van der Waals surface area contributed by atoms with Gasteiger partial charge < -0.3 is 19.8 Å². The van der Waals surface area contributed by atoms with E-state index in [0.717, 1.165) is 5.56 Å². The molecule has 0 spiro atoms. The lowest BCUT2D eigenvalue weighted by atomic mass is 9.95. The molecule has 0 aliphatic carbocycles. The highest BCUT2D eigenvalue weighted by atomic mass is 16.6. The zero-order chi connectivity index (χ0) is 14.5. The lowest BCUT2D eigenvalue weighted by Gasteiger charge is -2.33. The first kappa shape index (κ1) is 14.3. The Morgan fingerprint density at radius 1 is 1.30 bits per heavy atom. The first-order valence-corrected chi connectivity index (χ1v) is 6.44. The molecule has 0 unspecified atom stereocenters. The highest BCUT2D eigenvalue weighted by molar-refractivity contribution is 5.73. The van der Waals surface area contributed by atoms with E-state index in [2.05, 4.69) is 0 Å². The Bertz CT molecular complexity index is 476. The number of aliphatic hydroxyl groups is 1. The molecule has 1 aromatic carbocycles. The number of hydrogen-bond donors (Lipinski definition) is 2. The maximum absolute atomic E-state index is 11.9. The quantitative estimate of drug-likeness (QED) is 0.865. The molecule has 0 aromatic heterocycles. The smallest absolute Gasteiger partial charge is 0.410 e. The number of amides is 1. The maximum Gasteiger partial charge on any atom is 0.410 e. The van der Waals surface area contributed by atoms with Gasteiger partial charge in [-0.2, -0.15) is 0 Å². The van der Waals surface area contributed by atoms with Crippen molar-refractivity contribution in [3.8, 4) is 0 Å². The van der Waals surface area contributed by atoms with E-state index in [1.54, 1.807) is 0 Å². The summed E-state index contributed by atoms with van der Waals surface area (Å²) in [6, 6.07) is 9.25. The Morgan fingerprint density at radius 3 is 2.65 bits per heavy atom. The van der Waals surface area contributed by atoms with Gasteiger partial charge in [-0.3, -0.25) is 4.79 Å². The molecule has 2 rings (SSSR count). The monoisotopic (exact) mass is 279 g/mol. The van der Waals surface area contributed by atoms with Crippen LogP contribution in [0.4, 0.5) is 4.79 Å². The minimum absolute atomic E-state index is 0.0237. The molecule has 6 heteroatoms. The minimum atomic E-state index is -1.10. The average Bonchev–Trinajstić information content (AvgIpc) is 2.46. The summed E-state index contributed by atoms with van der Waals surface area (Å²) in [4.78, 5) is 24.2. The fourth-order valence-corrected chi connectivity index (χ4v) is 2.16. The third-order valence-corrected chi connectivity index (χ3v) is 3.36. The maximum atomic E-state index is 11.9. The van der Waals surface area contributed by atoms with Crippen LogP contribution in [-0.2, 0) is 16.1 Å². The topological polar surface area (TPSA) is 87.1 Å². The summed E-state index contributed by atoms with van der Waals surface area (Å²) in [5.74, 6) is -2.05. The predicted octanol–water partition coefficient (Wildman–Crippen LogP) is 1.09. The molecular formula is C14H17NO5. The number of benzene rings is 1. The fourth-order valence-electron chi connectivity index (χ4n) is 2.16. The first-order chi connectivity index (χ1) is 9.58. The zero-order valence-corrected chi connectivity index (χ0v) is 10.9. The van der Waals surface area contributed by atoms with Gasteiger partial charge in [0, 0.05) is 13.1 Å². The number of likely N-dealkylation sites (tertiary alicyclic amines) is 1. The molecule has 1 aliphatic rings. The molecule has 1 amide bonds. The van der Waals surface area contributed by atoms with Gasteiger partial charge in [-0.25, -0.2) is 4.79 Å². The van der Waals surface area contributed by atoms with Gasteiger partial charge >= 0.3 is 12.1 Å². The number of ether oxygens (including phenoxy) is 1. The second kappa shape index (κ2) is 6.38. The van der Waals surface area contributed by atoms with E-state index in [-0.39, 0.29) is 19.6 Å². The van der Waals surface area contributed by atoms with Crippen molar-refractivity contribution in [2.24, 2.45) is 5.92 Å². The molecule has 1 aliphatic heterocycles. The van der Waals surface area contributed by atoms with Gasteiger partial charge in [-0.1, -0.05) is 30.3 Å². The summed E-state index contributed by atoms with van der Waals surface area (Å²) in [6.45, 7) is 0.430. The number of carbonyl (C=O) groups is 2. The van der Waals surface area contributed by atoms with E-state index in [1.807, 2.05) is 30.3 Å².